The number of anilines is 1. The van der Waals surface area contributed by atoms with Gasteiger partial charge in [-0.1, -0.05) is 6.92 Å². The lowest BCUT2D eigenvalue weighted by Crippen LogP contribution is -2.21. The van der Waals surface area contributed by atoms with E-state index in [0.29, 0.717) is 11.5 Å². The van der Waals surface area contributed by atoms with Crippen LogP contribution in [0.5, 0.6) is 0 Å². The molecule has 2 aromatic heterocycles. The summed E-state index contributed by atoms with van der Waals surface area (Å²) in [7, 11) is 3.45. The van der Waals surface area contributed by atoms with E-state index >= 15 is 0 Å². The standard InChI is InChI=1S/C14H18N4OS/c1-10(13-15-6-7-20-13)8-16-12-5-4-11(9-17-12)14(19)18(2)3/h4-7,9-10H,8H2,1-3H3,(H,16,17). The zero-order chi connectivity index (χ0) is 14.5. The fourth-order valence-electron chi connectivity index (χ4n) is 1.71. The predicted molar refractivity (Wildman–Crippen MR) is 81.3 cm³/mol. The number of thiazole rings is 1. The first-order valence-electron chi connectivity index (χ1n) is 6.39. The molecule has 1 unspecified atom stereocenters. The number of pyridine rings is 1. The summed E-state index contributed by atoms with van der Waals surface area (Å²) in [6.45, 7) is 2.89. The van der Waals surface area contributed by atoms with Gasteiger partial charge in [0, 0.05) is 44.3 Å². The summed E-state index contributed by atoms with van der Waals surface area (Å²) in [6.07, 6.45) is 3.41. The molecule has 2 aromatic rings. The molecule has 0 aliphatic rings. The minimum atomic E-state index is -0.0415. The van der Waals surface area contributed by atoms with E-state index in [-0.39, 0.29) is 5.91 Å². The second-order valence-electron chi connectivity index (χ2n) is 4.78. The Morgan fingerprint density at radius 3 is 2.75 bits per heavy atom. The second-order valence-corrected chi connectivity index (χ2v) is 5.71. The molecule has 106 valence electrons. The lowest BCUT2D eigenvalue weighted by atomic mass is 10.2. The Morgan fingerprint density at radius 1 is 1.40 bits per heavy atom. The minimum Gasteiger partial charge on any atom is -0.369 e. The van der Waals surface area contributed by atoms with Crippen molar-refractivity contribution in [2.24, 2.45) is 0 Å². The summed E-state index contributed by atoms with van der Waals surface area (Å²) in [5.74, 6) is 1.06. The highest BCUT2D eigenvalue weighted by Crippen LogP contribution is 2.18. The van der Waals surface area contributed by atoms with Crippen LogP contribution in [0.2, 0.25) is 0 Å². The van der Waals surface area contributed by atoms with Crippen LogP contribution >= 0.6 is 11.3 Å². The Morgan fingerprint density at radius 2 is 2.20 bits per heavy atom. The average Bonchev–Trinajstić information content (AvgIpc) is 2.98. The first-order chi connectivity index (χ1) is 9.58. The summed E-state index contributed by atoms with van der Waals surface area (Å²) >= 11 is 1.65. The monoisotopic (exact) mass is 290 g/mol. The van der Waals surface area contributed by atoms with Crippen LogP contribution in [0, 0.1) is 0 Å². The molecule has 0 radical (unpaired) electrons. The van der Waals surface area contributed by atoms with Crippen LogP contribution in [0.25, 0.3) is 0 Å². The van der Waals surface area contributed by atoms with E-state index in [2.05, 4.69) is 22.2 Å². The molecule has 0 fully saturated rings. The van der Waals surface area contributed by atoms with Crippen molar-refractivity contribution in [1.29, 1.82) is 0 Å². The number of nitrogens with one attached hydrogen (secondary N) is 1. The maximum Gasteiger partial charge on any atom is 0.254 e. The van der Waals surface area contributed by atoms with Crippen LogP contribution in [0.4, 0.5) is 5.82 Å². The number of carbonyl (C=O) groups excluding carboxylic acids is 1. The van der Waals surface area contributed by atoms with Gasteiger partial charge >= 0.3 is 0 Å². The molecule has 0 aliphatic carbocycles. The zero-order valence-corrected chi connectivity index (χ0v) is 12.6. The van der Waals surface area contributed by atoms with Crippen LogP contribution in [0.3, 0.4) is 0 Å². The van der Waals surface area contributed by atoms with Crippen molar-refractivity contribution in [3.8, 4) is 0 Å². The van der Waals surface area contributed by atoms with Gasteiger partial charge in [0.05, 0.1) is 10.6 Å². The Labute approximate surface area is 122 Å². The van der Waals surface area contributed by atoms with Gasteiger partial charge < -0.3 is 10.2 Å². The van der Waals surface area contributed by atoms with Crippen LogP contribution in [-0.2, 0) is 0 Å². The summed E-state index contributed by atoms with van der Waals surface area (Å²) in [5.41, 5.74) is 0.591. The quantitative estimate of drug-likeness (QED) is 0.919. The Bertz CT molecular complexity index is 551. The first kappa shape index (κ1) is 14.5. The molecule has 2 rings (SSSR count). The van der Waals surface area contributed by atoms with Crippen molar-refractivity contribution in [3.63, 3.8) is 0 Å². The molecule has 0 bridgehead atoms. The molecule has 0 saturated heterocycles. The maximum absolute atomic E-state index is 11.7. The molecule has 1 N–H and O–H groups in total. The lowest BCUT2D eigenvalue weighted by molar-refractivity contribution is 0.0827. The van der Waals surface area contributed by atoms with Gasteiger partial charge in [-0.3, -0.25) is 4.79 Å². The highest BCUT2D eigenvalue weighted by atomic mass is 32.1. The van der Waals surface area contributed by atoms with Gasteiger partial charge in [0.25, 0.3) is 5.91 Å². The van der Waals surface area contributed by atoms with Crippen LogP contribution in [-0.4, -0.2) is 41.4 Å². The van der Waals surface area contributed by atoms with E-state index < -0.39 is 0 Å². The van der Waals surface area contributed by atoms with Gasteiger partial charge in [0.1, 0.15) is 5.82 Å². The largest absolute Gasteiger partial charge is 0.369 e. The number of hydrogen-bond donors (Lipinski definition) is 1. The van der Waals surface area contributed by atoms with E-state index in [1.165, 1.54) is 4.90 Å². The third kappa shape index (κ3) is 3.54. The first-order valence-corrected chi connectivity index (χ1v) is 7.27. The van der Waals surface area contributed by atoms with E-state index in [4.69, 9.17) is 0 Å². The Balaban J connectivity index is 1.93. The molecule has 1 atom stereocenters. The topological polar surface area (TPSA) is 58.1 Å². The number of rotatable bonds is 5. The van der Waals surface area contributed by atoms with Gasteiger partial charge in [-0.2, -0.15) is 0 Å². The molecule has 0 aliphatic heterocycles. The van der Waals surface area contributed by atoms with Crippen molar-refractivity contribution < 1.29 is 4.79 Å². The average molecular weight is 290 g/mol. The molecule has 2 heterocycles. The minimum absolute atomic E-state index is 0.0415. The number of nitrogens with zero attached hydrogens (tertiary/aromatic N) is 3. The third-order valence-corrected chi connectivity index (χ3v) is 3.89. The van der Waals surface area contributed by atoms with E-state index in [1.54, 1.807) is 37.7 Å². The molecule has 5 nitrogen and oxygen atoms in total. The summed E-state index contributed by atoms with van der Waals surface area (Å²) in [6, 6.07) is 3.61. The SMILES string of the molecule is CC(CNc1ccc(C(=O)N(C)C)cn1)c1nccs1. The summed E-state index contributed by atoms with van der Waals surface area (Å²) in [4.78, 5) is 21.8. The van der Waals surface area contributed by atoms with Crippen molar-refractivity contribution in [2.75, 3.05) is 26.0 Å². The van der Waals surface area contributed by atoms with E-state index in [9.17, 15) is 4.79 Å². The maximum atomic E-state index is 11.7. The third-order valence-electron chi connectivity index (χ3n) is 2.88. The van der Waals surface area contributed by atoms with Crippen LogP contribution in [0.15, 0.2) is 29.9 Å². The van der Waals surface area contributed by atoms with E-state index in [1.807, 2.05) is 17.6 Å². The highest BCUT2D eigenvalue weighted by Gasteiger charge is 2.10. The number of aromatic nitrogens is 2. The van der Waals surface area contributed by atoms with Crippen molar-refractivity contribution in [3.05, 3.63) is 40.5 Å². The van der Waals surface area contributed by atoms with Crippen molar-refractivity contribution in [1.82, 2.24) is 14.9 Å². The smallest absolute Gasteiger partial charge is 0.254 e. The number of amides is 1. The number of hydrogen-bond acceptors (Lipinski definition) is 5. The molecular weight excluding hydrogens is 272 g/mol. The predicted octanol–water partition coefficient (Wildman–Crippen LogP) is 2.46. The van der Waals surface area contributed by atoms with Gasteiger partial charge in [-0.15, -0.1) is 11.3 Å². The fraction of sp³-hybridized carbons (Fsp3) is 0.357. The van der Waals surface area contributed by atoms with Crippen molar-refractivity contribution >= 4 is 23.1 Å². The zero-order valence-electron chi connectivity index (χ0n) is 11.8. The van der Waals surface area contributed by atoms with Gasteiger partial charge in [-0.25, -0.2) is 9.97 Å². The number of carbonyl (C=O) groups is 1. The fourth-order valence-corrected chi connectivity index (χ4v) is 2.40. The molecular formula is C14H18N4OS. The Hall–Kier alpha value is -1.95. The van der Waals surface area contributed by atoms with E-state index in [0.717, 1.165) is 17.4 Å². The molecule has 20 heavy (non-hydrogen) atoms. The molecule has 0 saturated carbocycles. The van der Waals surface area contributed by atoms with Gasteiger partial charge in [0.2, 0.25) is 0 Å². The lowest BCUT2D eigenvalue weighted by Gasteiger charge is -2.12. The normalized spacial score (nSPS) is 11.9. The summed E-state index contributed by atoms with van der Waals surface area (Å²) in [5, 5.41) is 6.34. The van der Waals surface area contributed by atoms with Crippen LogP contribution < -0.4 is 5.32 Å². The summed E-state index contributed by atoms with van der Waals surface area (Å²) < 4.78 is 0. The molecule has 6 heteroatoms. The van der Waals surface area contributed by atoms with Crippen LogP contribution in [0.1, 0.15) is 28.2 Å². The van der Waals surface area contributed by atoms with Crippen molar-refractivity contribution in [2.45, 2.75) is 12.8 Å². The second kappa shape index (κ2) is 6.47. The van der Waals surface area contributed by atoms with Gasteiger partial charge in [0.15, 0.2) is 0 Å². The van der Waals surface area contributed by atoms with Gasteiger partial charge in [-0.05, 0) is 12.1 Å². The molecule has 0 spiro atoms. The highest BCUT2D eigenvalue weighted by molar-refractivity contribution is 7.09. The molecule has 1 amide bonds. The molecule has 0 aromatic carbocycles. The Kier molecular flexibility index (Phi) is 4.68.